The van der Waals surface area contributed by atoms with Gasteiger partial charge in [-0.05, 0) is 55.2 Å². The molecule has 5 atom stereocenters. The van der Waals surface area contributed by atoms with E-state index in [-0.39, 0.29) is 0 Å². The maximum absolute atomic E-state index is 5.22. The van der Waals surface area contributed by atoms with Gasteiger partial charge in [0.05, 0.1) is 0 Å². The summed E-state index contributed by atoms with van der Waals surface area (Å²) in [4.78, 5) is 0. The molecule has 3 rings (SSSR count). The van der Waals surface area contributed by atoms with E-state index < -0.39 is 0 Å². The molecule has 0 aromatic carbocycles. The van der Waals surface area contributed by atoms with Crippen LogP contribution in [0.25, 0.3) is 0 Å². The fourth-order valence-electron chi connectivity index (χ4n) is 4.03. The number of hydrogen-bond donors (Lipinski definition) is 3. The van der Waals surface area contributed by atoms with E-state index in [1.54, 1.807) is 0 Å². The lowest BCUT2D eigenvalue weighted by atomic mass is 9.79. The highest BCUT2D eigenvalue weighted by Crippen LogP contribution is 2.56. The lowest BCUT2D eigenvalue weighted by molar-refractivity contribution is 0.245. The van der Waals surface area contributed by atoms with E-state index in [1.165, 1.54) is 19.3 Å². The molecule has 0 aromatic heterocycles. The van der Waals surface area contributed by atoms with Crippen LogP contribution in [0.2, 0.25) is 0 Å². The minimum atomic E-state index is 0.586. The fraction of sp³-hybridized carbons (Fsp3) is 0.750. The summed E-state index contributed by atoms with van der Waals surface area (Å²) in [6.07, 6.45) is 8.84. The largest absolute Gasteiger partial charge is 0.359 e. The Morgan fingerprint density at radius 2 is 2.19 bits per heavy atom. The van der Waals surface area contributed by atoms with Gasteiger partial charge in [0.15, 0.2) is 5.11 Å². The van der Waals surface area contributed by atoms with Gasteiger partial charge < -0.3 is 5.32 Å². The van der Waals surface area contributed by atoms with Gasteiger partial charge in [-0.2, -0.15) is 0 Å². The van der Waals surface area contributed by atoms with E-state index >= 15 is 0 Å². The van der Waals surface area contributed by atoms with Crippen molar-refractivity contribution in [3.8, 4) is 0 Å². The first-order valence-corrected chi connectivity index (χ1v) is 6.60. The predicted octanol–water partition coefficient (Wildman–Crippen LogP) is 1.19. The minimum Gasteiger partial charge on any atom is -0.359 e. The van der Waals surface area contributed by atoms with Crippen molar-refractivity contribution in [2.24, 2.45) is 23.7 Å². The van der Waals surface area contributed by atoms with Crippen LogP contribution in [0.5, 0.6) is 0 Å². The van der Waals surface area contributed by atoms with Crippen molar-refractivity contribution in [3.63, 3.8) is 0 Å². The molecular weight excluding hydrogens is 218 g/mol. The topological polar surface area (TPSA) is 36.1 Å². The molecule has 2 bridgehead atoms. The Labute approximate surface area is 102 Å². The SMILES string of the molecule is CNNC(=S)N[C@H]1C[C@@H]2C[C@H]1[C@H]1C=CC[C@H]21. The molecule has 4 heteroatoms. The summed E-state index contributed by atoms with van der Waals surface area (Å²) in [7, 11) is 1.84. The third-order valence-corrected chi connectivity index (χ3v) is 4.78. The van der Waals surface area contributed by atoms with Crippen molar-refractivity contribution in [1.82, 2.24) is 16.2 Å². The second-order valence-corrected chi connectivity index (χ2v) is 5.66. The van der Waals surface area contributed by atoms with E-state index in [1.807, 2.05) is 7.05 Å². The minimum absolute atomic E-state index is 0.586. The van der Waals surface area contributed by atoms with Crippen LogP contribution in [0.3, 0.4) is 0 Å². The van der Waals surface area contributed by atoms with Crippen LogP contribution in [0, 0.1) is 23.7 Å². The Morgan fingerprint density at radius 1 is 1.31 bits per heavy atom. The average molecular weight is 237 g/mol. The number of hydrazine groups is 1. The zero-order valence-corrected chi connectivity index (χ0v) is 10.4. The predicted molar refractivity (Wildman–Crippen MR) is 68.7 cm³/mol. The highest BCUT2D eigenvalue weighted by Gasteiger charge is 2.52. The molecule has 3 N–H and O–H groups in total. The number of nitrogens with one attached hydrogen (secondary N) is 3. The summed E-state index contributed by atoms with van der Waals surface area (Å²) in [5.74, 6) is 3.52. The lowest BCUT2D eigenvalue weighted by Crippen LogP contribution is -2.49. The second kappa shape index (κ2) is 4.00. The number of hydrogen-bond acceptors (Lipinski definition) is 2. The third kappa shape index (κ3) is 1.55. The first-order valence-electron chi connectivity index (χ1n) is 6.19. The normalized spacial score (nSPS) is 43.4. The molecule has 0 heterocycles. The number of fused-ring (bicyclic) bond motifs is 5. The van der Waals surface area contributed by atoms with E-state index in [4.69, 9.17) is 12.2 Å². The van der Waals surface area contributed by atoms with Crippen molar-refractivity contribution in [2.45, 2.75) is 25.3 Å². The molecule has 3 nitrogen and oxygen atoms in total. The third-order valence-electron chi connectivity index (χ3n) is 4.56. The monoisotopic (exact) mass is 237 g/mol. The highest BCUT2D eigenvalue weighted by molar-refractivity contribution is 7.80. The van der Waals surface area contributed by atoms with E-state index in [9.17, 15) is 0 Å². The Bertz CT molecular complexity index is 328. The Kier molecular flexibility index (Phi) is 2.64. The standard InChI is InChI=1S/C12H19N3S/c1-13-15-12(16)14-11-6-7-5-10(11)9-4-2-3-8(7)9/h2,4,7-11,13H,3,5-6H2,1H3,(H2,14,15,16)/t7-,8+,9-,10-,11-/m0/s1. The zero-order chi connectivity index (χ0) is 11.1. The molecule has 0 aliphatic heterocycles. The van der Waals surface area contributed by atoms with Gasteiger partial charge in [-0.3, -0.25) is 5.43 Å². The Balaban J connectivity index is 1.63. The van der Waals surface area contributed by atoms with Gasteiger partial charge in [-0.25, -0.2) is 5.43 Å². The molecule has 0 spiro atoms. The number of rotatable bonds is 2. The molecule has 2 saturated carbocycles. The van der Waals surface area contributed by atoms with Gasteiger partial charge in [0, 0.05) is 13.1 Å². The lowest BCUT2D eigenvalue weighted by Gasteiger charge is -2.32. The molecule has 2 fully saturated rings. The Morgan fingerprint density at radius 3 is 3.00 bits per heavy atom. The van der Waals surface area contributed by atoms with Crippen LogP contribution in [0.15, 0.2) is 12.2 Å². The van der Waals surface area contributed by atoms with Crippen molar-refractivity contribution in [3.05, 3.63) is 12.2 Å². The maximum Gasteiger partial charge on any atom is 0.181 e. The zero-order valence-electron chi connectivity index (χ0n) is 9.57. The summed E-state index contributed by atoms with van der Waals surface area (Å²) in [6, 6.07) is 0.586. The number of allylic oxidation sites excluding steroid dienone is 2. The smallest absolute Gasteiger partial charge is 0.181 e. The van der Waals surface area contributed by atoms with Gasteiger partial charge in [0.1, 0.15) is 0 Å². The highest BCUT2D eigenvalue weighted by atomic mass is 32.1. The molecule has 0 aromatic rings. The van der Waals surface area contributed by atoms with Crippen molar-refractivity contribution >= 4 is 17.3 Å². The summed E-state index contributed by atoms with van der Waals surface area (Å²) in [5, 5.41) is 4.18. The molecule has 16 heavy (non-hydrogen) atoms. The average Bonchev–Trinajstić information content (AvgIpc) is 2.86. The quantitative estimate of drug-likeness (QED) is 0.383. The van der Waals surface area contributed by atoms with Crippen LogP contribution < -0.4 is 16.2 Å². The first kappa shape index (κ1) is 10.5. The summed E-state index contributed by atoms with van der Waals surface area (Å²) >= 11 is 5.22. The molecule has 3 aliphatic rings. The van der Waals surface area contributed by atoms with E-state index in [2.05, 4.69) is 28.3 Å². The van der Waals surface area contributed by atoms with Crippen molar-refractivity contribution in [2.75, 3.05) is 7.05 Å². The number of thiocarbonyl (C=S) groups is 1. The molecule has 88 valence electrons. The van der Waals surface area contributed by atoms with Crippen LogP contribution in [-0.2, 0) is 0 Å². The second-order valence-electron chi connectivity index (χ2n) is 5.26. The van der Waals surface area contributed by atoms with Crippen LogP contribution >= 0.6 is 12.2 Å². The van der Waals surface area contributed by atoms with Crippen LogP contribution in [0.4, 0.5) is 0 Å². The fourth-order valence-corrected chi connectivity index (χ4v) is 4.28. The molecule has 3 aliphatic carbocycles. The molecule has 0 amide bonds. The van der Waals surface area contributed by atoms with Gasteiger partial charge in [0.25, 0.3) is 0 Å². The molecular formula is C12H19N3S. The van der Waals surface area contributed by atoms with Gasteiger partial charge in [0.2, 0.25) is 0 Å². The summed E-state index contributed by atoms with van der Waals surface area (Å²) < 4.78 is 0. The van der Waals surface area contributed by atoms with Crippen molar-refractivity contribution in [1.29, 1.82) is 0 Å². The van der Waals surface area contributed by atoms with E-state index in [0.29, 0.717) is 6.04 Å². The van der Waals surface area contributed by atoms with E-state index in [0.717, 1.165) is 28.8 Å². The summed E-state index contributed by atoms with van der Waals surface area (Å²) in [6.45, 7) is 0. The van der Waals surface area contributed by atoms with Crippen LogP contribution in [-0.4, -0.2) is 18.2 Å². The van der Waals surface area contributed by atoms with Gasteiger partial charge in [-0.15, -0.1) is 0 Å². The molecule has 0 radical (unpaired) electrons. The first-order chi connectivity index (χ1) is 7.79. The molecule has 0 saturated heterocycles. The Hall–Kier alpha value is -0.610. The van der Waals surface area contributed by atoms with Crippen molar-refractivity contribution < 1.29 is 0 Å². The maximum atomic E-state index is 5.22. The van der Waals surface area contributed by atoms with Gasteiger partial charge in [-0.1, -0.05) is 12.2 Å². The van der Waals surface area contributed by atoms with Crippen LogP contribution in [0.1, 0.15) is 19.3 Å². The molecule has 0 unspecified atom stereocenters. The van der Waals surface area contributed by atoms with Gasteiger partial charge >= 0.3 is 0 Å². The summed E-state index contributed by atoms with van der Waals surface area (Å²) in [5.41, 5.74) is 5.81.